The molecule has 0 saturated heterocycles. The lowest BCUT2D eigenvalue weighted by Gasteiger charge is -2.36. The third kappa shape index (κ3) is 6.03. The van der Waals surface area contributed by atoms with Gasteiger partial charge in [0.2, 0.25) is 6.29 Å². The van der Waals surface area contributed by atoms with Crippen LogP contribution >= 0.6 is 0 Å². The minimum absolute atomic E-state index is 0.00491. The zero-order valence-electron chi connectivity index (χ0n) is 20.6. The van der Waals surface area contributed by atoms with Crippen LogP contribution in [0.4, 0.5) is 0 Å². The quantitative estimate of drug-likeness (QED) is 0.310. The van der Waals surface area contributed by atoms with Crippen molar-refractivity contribution in [2.24, 2.45) is 0 Å². The van der Waals surface area contributed by atoms with E-state index >= 15 is 0 Å². The zero-order chi connectivity index (χ0) is 22.5. The van der Waals surface area contributed by atoms with Gasteiger partial charge >= 0.3 is 0 Å². The van der Waals surface area contributed by atoms with Crippen molar-refractivity contribution in [3.05, 3.63) is 34.4 Å². The summed E-state index contributed by atoms with van der Waals surface area (Å²) >= 11 is 0. The highest BCUT2D eigenvalue weighted by Crippen LogP contribution is 2.49. The molecule has 0 aromatic heterocycles. The first-order valence-corrected chi connectivity index (χ1v) is 12.0. The fraction of sp³-hybridized carbons (Fsp3) is 0.704. The van der Waals surface area contributed by atoms with E-state index in [-0.39, 0.29) is 23.7 Å². The number of aromatic hydroxyl groups is 1. The van der Waals surface area contributed by atoms with Crippen LogP contribution < -0.4 is 4.74 Å². The Hall–Kier alpha value is -1.48. The Labute approximate surface area is 184 Å². The Morgan fingerprint density at radius 2 is 1.87 bits per heavy atom. The van der Waals surface area contributed by atoms with Crippen molar-refractivity contribution < 1.29 is 14.6 Å². The summed E-state index contributed by atoms with van der Waals surface area (Å²) in [5.41, 5.74) is 4.77. The minimum atomic E-state index is -0.286. The maximum atomic E-state index is 11.1. The predicted molar refractivity (Wildman–Crippen MR) is 127 cm³/mol. The molecular weight excluding hydrogens is 372 g/mol. The van der Waals surface area contributed by atoms with E-state index in [1.54, 1.807) is 0 Å². The zero-order valence-corrected chi connectivity index (χ0v) is 20.6. The Balaban J connectivity index is 2.44. The number of phenolic OH excluding ortho intramolecular Hbond substituents is 1. The minimum Gasteiger partial charge on any atom is -0.507 e. The summed E-state index contributed by atoms with van der Waals surface area (Å²) in [4.78, 5) is 0. The molecule has 3 nitrogen and oxygen atoms in total. The molecule has 1 N–H and O–H groups in total. The highest BCUT2D eigenvalue weighted by atomic mass is 16.7. The SMILES string of the molecule is CCCCCCC(C)(C)c1cc(O)c2c(c1)OC(OC(C)C)CC2C(CC)=C(C)C. The summed E-state index contributed by atoms with van der Waals surface area (Å²) in [5, 5.41) is 11.1. The van der Waals surface area contributed by atoms with Gasteiger partial charge in [-0.25, -0.2) is 0 Å². The molecule has 1 heterocycles. The molecule has 1 aliphatic heterocycles. The first kappa shape index (κ1) is 24.8. The van der Waals surface area contributed by atoms with Crippen LogP contribution in [0, 0.1) is 0 Å². The second-order valence-corrected chi connectivity index (χ2v) is 10.0. The summed E-state index contributed by atoms with van der Waals surface area (Å²) in [6.45, 7) is 17.4. The Kier molecular flexibility index (Phi) is 8.85. The van der Waals surface area contributed by atoms with Gasteiger partial charge in [0.05, 0.1) is 6.10 Å². The second-order valence-electron chi connectivity index (χ2n) is 10.0. The largest absolute Gasteiger partial charge is 0.507 e. The van der Waals surface area contributed by atoms with E-state index < -0.39 is 0 Å². The number of allylic oxidation sites excluding steroid dienone is 2. The molecule has 2 unspecified atom stereocenters. The number of rotatable bonds is 10. The van der Waals surface area contributed by atoms with E-state index in [1.807, 2.05) is 19.9 Å². The number of benzene rings is 1. The Morgan fingerprint density at radius 1 is 1.17 bits per heavy atom. The monoisotopic (exact) mass is 416 g/mol. The standard InChI is InChI=1S/C27H44O3/c1-9-11-12-13-14-27(7,8)20-15-23(28)26-22(21(10-2)18(3)4)17-25(29-19(5)6)30-24(26)16-20/h15-16,19,22,25,28H,9-14,17H2,1-8H3. The van der Waals surface area contributed by atoms with Crippen LogP contribution in [0.1, 0.15) is 117 Å². The molecular formula is C27H44O3. The average Bonchev–Trinajstić information content (AvgIpc) is 2.64. The van der Waals surface area contributed by atoms with Crippen molar-refractivity contribution >= 4 is 0 Å². The number of hydrogen-bond donors (Lipinski definition) is 1. The fourth-order valence-corrected chi connectivity index (χ4v) is 4.74. The first-order chi connectivity index (χ1) is 14.1. The lowest BCUT2D eigenvalue weighted by atomic mass is 9.76. The van der Waals surface area contributed by atoms with Crippen LogP contribution in [0.5, 0.6) is 11.5 Å². The molecule has 170 valence electrons. The van der Waals surface area contributed by atoms with Crippen LogP contribution in [0.3, 0.4) is 0 Å². The van der Waals surface area contributed by atoms with Gasteiger partial charge in [-0.1, -0.05) is 64.5 Å². The maximum Gasteiger partial charge on any atom is 0.200 e. The number of phenols is 1. The molecule has 0 aliphatic carbocycles. The van der Waals surface area contributed by atoms with Gasteiger partial charge in [0.25, 0.3) is 0 Å². The van der Waals surface area contributed by atoms with Crippen molar-refractivity contribution in [2.45, 2.75) is 124 Å². The topological polar surface area (TPSA) is 38.7 Å². The van der Waals surface area contributed by atoms with Gasteiger partial charge < -0.3 is 14.6 Å². The van der Waals surface area contributed by atoms with E-state index in [9.17, 15) is 5.11 Å². The molecule has 0 amide bonds. The second kappa shape index (κ2) is 10.7. The predicted octanol–water partition coefficient (Wildman–Crippen LogP) is 8.00. The van der Waals surface area contributed by atoms with Crippen LogP contribution in [0.25, 0.3) is 0 Å². The van der Waals surface area contributed by atoms with Gasteiger partial charge in [-0.15, -0.1) is 0 Å². The van der Waals surface area contributed by atoms with Crippen molar-refractivity contribution in [1.82, 2.24) is 0 Å². The number of ether oxygens (including phenoxy) is 2. The van der Waals surface area contributed by atoms with E-state index in [4.69, 9.17) is 9.47 Å². The van der Waals surface area contributed by atoms with E-state index in [2.05, 4.69) is 47.6 Å². The summed E-state index contributed by atoms with van der Waals surface area (Å²) in [6, 6.07) is 4.15. The summed E-state index contributed by atoms with van der Waals surface area (Å²) in [7, 11) is 0. The average molecular weight is 417 g/mol. The van der Waals surface area contributed by atoms with Gasteiger partial charge in [0.1, 0.15) is 11.5 Å². The normalized spacial score (nSPS) is 18.8. The number of fused-ring (bicyclic) bond motifs is 1. The highest BCUT2D eigenvalue weighted by molar-refractivity contribution is 5.54. The Bertz CT molecular complexity index is 726. The third-order valence-electron chi connectivity index (χ3n) is 6.46. The van der Waals surface area contributed by atoms with Gasteiger partial charge in [0, 0.05) is 17.9 Å². The molecule has 1 aromatic rings. The van der Waals surface area contributed by atoms with Crippen molar-refractivity contribution in [2.75, 3.05) is 0 Å². The van der Waals surface area contributed by atoms with Gasteiger partial charge in [0.15, 0.2) is 0 Å². The van der Waals surface area contributed by atoms with E-state index in [0.29, 0.717) is 5.75 Å². The molecule has 0 bridgehead atoms. The van der Waals surface area contributed by atoms with Crippen LogP contribution in [0.2, 0.25) is 0 Å². The summed E-state index contributed by atoms with van der Waals surface area (Å²) in [6.07, 6.45) is 7.63. The molecule has 0 saturated carbocycles. The van der Waals surface area contributed by atoms with Crippen molar-refractivity contribution in [1.29, 1.82) is 0 Å². The van der Waals surface area contributed by atoms with Crippen molar-refractivity contribution in [3.63, 3.8) is 0 Å². The lowest BCUT2D eigenvalue weighted by Crippen LogP contribution is -2.32. The maximum absolute atomic E-state index is 11.1. The summed E-state index contributed by atoms with van der Waals surface area (Å²) in [5.74, 6) is 1.29. The molecule has 3 heteroatoms. The Morgan fingerprint density at radius 3 is 2.43 bits per heavy atom. The molecule has 0 radical (unpaired) electrons. The van der Waals surface area contributed by atoms with Crippen molar-refractivity contribution in [3.8, 4) is 11.5 Å². The molecule has 0 spiro atoms. The lowest BCUT2D eigenvalue weighted by molar-refractivity contribution is -0.120. The number of hydrogen-bond acceptors (Lipinski definition) is 3. The molecule has 1 aliphatic rings. The van der Waals surface area contributed by atoms with Gasteiger partial charge in [-0.3, -0.25) is 0 Å². The number of unbranched alkanes of at least 4 members (excludes halogenated alkanes) is 3. The first-order valence-electron chi connectivity index (χ1n) is 12.0. The smallest absolute Gasteiger partial charge is 0.200 e. The molecule has 0 fully saturated rings. The van der Waals surface area contributed by atoms with Crippen LogP contribution in [0.15, 0.2) is 23.3 Å². The fourth-order valence-electron chi connectivity index (χ4n) is 4.74. The molecule has 30 heavy (non-hydrogen) atoms. The third-order valence-corrected chi connectivity index (χ3v) is 6.46. The van der Waals surface area contributed by atoms with E-state index in [0.717, 1.165) is 36.1 Å². The highest BCUT2D eigenvalue weighted by Gasteiger charge is 2.35. The molecule has 2 atom stereocenters. The molecule has 1 aromatic carbocycles. The van der Waals surface area contributed by atoms with E-state index in [1.165, 1.54) is 36.8 Å². The van der Waals surface area contributed by atoms with Gasteiger partial charge in [-0.2, -0.15) is 0 Å². The summed E-state index contributed by atoms with van der Waals surface area (Å²) < 4.78 is 12.4. The van der Waals surface area contributed by atoms with Crippen LogP contribution in [-0.2, 0) is 10.2 Å². The molecule has 2 rings (SSSR count). The van der Waals surface area contributed by atoms with Gasteiger partial charge in [-0.05, 0) is 63.6 Å². The van der Waals surface area contributed by atoms with Crippen LogP contribution in [-0.4, -0.2) is 17.5 Å².